The van der Waals surface area contributed by atoms with Crippen LogP contribution in [0.15, 0.2) is 47.2 Å². The Bertz CT molecular complexity index is 952. The molecule has 2 aromatic heterocycles. The van der Waals surface area contributed by atoms with Crippen LogP contribution in [0.5, 0.6) is 0 Å². The van der Waals surface area contributed by atoms with Gasteiger partial charge in [0.2, 0.25) is 0 Å². The summed E-state index contributed by atoms with van der Waals surface area (Å²) in [6, 6.07) is 8.48. The van der Waals surface area contributed by atoms with Crippen LogP contribution in [-0.2, 0) is 4.74 Å². The van der Waals surface area contributed by atoms with Crippen molar-refractivity contribution in [1.29, 1.82) is 0 Å². The molecule has 3 rings (SSSR count). The summed E-state index contributed by atoms with van der Waals surface area (Å²) < 4.78 is 9.92. The lowest BCUT2D eigenvalue weighted by Gasteiger charge is -2.10. The number of benzene rings is 1. The van der Waals surface area contributed by atoms with Gasteiger partial charge in [0.15, 0.2) is 5.82 Å². The highest BCUT2D eigenvalue weighted by atomic mass is 16.5. The van der Waals surface area contributed by atoms with Crippen LogP contribution in [0.4, 0.5) is 17.3 Å². The van der Waals surface area contributed by atoms with Gasteiger partial charge in [0, 0.05) is 6.07 Å². The van der Waals surface area contributed by atoms with Gasteiger partial charge in [-0.2, -0.15) is 0 Å². The van der Waals surface area contributed by atoms with Gasteiger partial charge in [-0.05, 0) is 26.0 Å². The zero-order chi connectivity index (χ0) is 19.2. The Kier molecular flexibility index (Phi) is 5.41. The Morgan fingerprint density at radius 1 is 1.15 bits per heavy atom. The first-order valence-corrected chi connectivity index (χ1v) is 8.16. The van der Waals surface area contributed by atoms with Gasteiger partial charge in [-0.3, -0.25) is 4.79 Å². The molecular weight excluding hydrogens is 350 g/mol. The normalized spacial score (nSPS) is 10.3. The van der Waals surface area contributed by atoms with Crippen LogP contribution >= 0.6 is 0 Å². The Morgan fingerprint density at radius 3 is 2.63 bits per heavy atom. The smallest absolute Gasteiger partial charge is 0.340 e. The van der Waals surface area contributed by atoms with Crippen molar-refractivity contribution in [3.63, 3.8) is 0 Å². The number of rotatable bonds is 6. The van der Waals surface area contributed by atoms with Crippen molar-refractivity contribution in [3.8, 4) is 0 Å². The quantitative estimate of drug-likeness (QED) is 0.638. The van der Waals surface area contributed by atoms with E-state index in [9.17, 15) is 9.59 Å². The summed E-state index contributed by atoms with van der Waals surface area (Å²) in [5, 5.41) is 9.24. The molecule has 2 heterocycles. The fourth-order valence-corrected chi connectivity index (χ4v) is 2.23. The summed E-state index contributed by atoms with van der Waals surface area (Å²) in [6.45, 7) is 3.74. The molecule has 0 fully saturated rings. The molecule has 9 heteroatoms. The third-order valence-corrected chi connectivity index (χ3v) is 3.44. The van der Waals surface area contributed by atoms with Crippen molar-refractivity contribution >= 4 is 29.2 Å². The molecule has 9 nitrogen and oxygen atoms in total. The summed E-state index contributed by atoms with van der Waals surface area (Å²) in [7, 11) is 0. The molecule has 3 aromatic rings. The third-order valence-electron chi connectivity index (χ3n) is 3.44. The fourth-order valence-electron chi connectivity index (χ4n) is 2.23. The zero-order valence-electron chi connectivity index (χ0n) is 14.7. The number of carbonyl (C=O) groups excluding carboxylic acids is 2. The highest BCUT2D eigenvalue weighted by molar-refractivity contribution is 6.02. The molecule has 138 valence electrons. The lowest BCUT2D eigenvalue weighted by atomic mass is 10.2. The van der Waals surface area contributed by atoms with Crippen molar-refractivity contribution < 1.29 is 18.8 Å². The average molecular weight is 367 g/mol. The number of anilines is 3. The van der Waals surface area contributed by atoms with Crippen LogP contribution in [0, 0.1) is 6.92 Å². The maximum absolute atomic E-state index is 12.1. The van der Waals surface area contributed by atoms with E-state index in [1.165, 1.54) is 12.4 Å². The first-order chi connectivity index (χ1) is 13.1. The summed E-state index contributed by atoms with van der Waals surface area (Å²) in [5.41, 5.74) is 1.02. The van der Waals surface area contributed by atoms with E-state index >= 15 is 0 Å². The molecule has 0 aliphatic carbocycles. The van der Waals surface area contributed by atoms with Gasteiger partial charge in [-0.25, -0.2) is 14.8 Å². The number of ether oxygens (including phenoxy) is 1. The highest BCUT2D eigenvalue weighted by Crippen LogP contribution is 2.20. The van der Waals surface area contributed by atoms with E-state index in [2.05, 4.69) is 25.8 Å². The molecule has 2 N–H and O–H groups in total. The van der Waals surface area contributed by atoms with Crippen LogP contribution < -0.4 is 10.6 Å². The highest BCUT2D eigenvalue weighted by Gasteiger charge is 2.14. The Morgan fingerprint density at radius 2 is 1.96 bits per heavy atom. The maximum Gasteiger partial charge on any atom is 0.340 e. The van der Waals surface area contributed by atoms with Crippen LogP contribution in [-0.4, -0.2) is 33.6 Å². The van der Waals surface area contributed by atoms with E-state index in [1.54, 1.807) is 44.2 Å². The number of carbonyl (C=O) groups is 2. The number of esters is 1. The largest absolute Gasteiger partial charge is 0.462 e. The summed E-state index contributed by atoms with van der Waals surface area (Å²) in [4.78, 5) is 32.4. The van der Waals surface area contributed by atoms with Gasteiger partial charge < -0.3 is 19.9 Å². The predicted octanol–water partition coefficient (Wildman–Crippen LogP) is 2.95. The van der Waals surface area contributed by atoms with Crippen molar-refractivity contribution in [3.05, 3.63) is 59.7 Å². The Balaban J connectivity index is 1.71. The number of aryl methyl sites for hydroxylation is 1. The van der Waals surface area contributed by atoms with Gasteiger partial charge in [-0.15, -0.1) is 0 Å². The van der Waals surface area contributed by atoms with Crippen molar-refractivity contribution in [1.82, 2.24) is 15.1 Å². The molecule has 0 saturated carbocycles. The van der Waals surface area contributed by atoms with Crippen molar-refractivity contribution in [2.24, 2.45) is 0 Å². The summed E-state index contributed by atoms with van der Waals surface area (Å²) in [6.07, 6.45) is 2.71. The number of amides is 1. The molecule has 1 amide bonds. The number of aromatic nitrogens is 3. The monoisotopic (exact) mass is 367 g/mol. The zero-order valence-corrected chi connectivity index (χ0v) is 14.7. The number of para-hydroxylation sites is 1. The Hall–Kier alpha value is -3.75. The van der Waals surface area contributed by atoms with Crippen molar-refractivity contribution in [2.75, 3.05) is 17.2 Å². The van der Waals surface area contributed by atoms with E-state index in [1.807, 2.05) is 0 Å². The van der Waals surface area contributed by atoms with Crippen LogP contribution in [0.2, 0.25) is 0 Å². The van der Waals surface area contributed by atoms with Gasteiger partial charge in [0.05, 0.1) is 30.3 Å². The molecule has 0 atom stereocenters. The van der Waals surface area contributed by atoms with Gasteiger partial charge in [0.1, 0.15) is 17.3 Å². The number of nitrogens with zero attached hydrogens (tertiary/aromatic N) is 3. The summed E-state index contributed by atoms with van der Waals surface area (Å²) in [5.74, 6) is 0.350. The van der Waals surface area contributed by atoms with Crippen LogP contribution in [0.25, 0.3) is 0 Å². The second kappa shape index (κ2) is 8.09. The molecule has 0 saturated heterocycles. The van der Waals surface area contributed by atoms with E-state index in [-0.39, 0.29) is 12.3 Å². The minimum atomic E-state index is -0.464. The molecule has 0 unspecified atom stereocenters. The number of nitrogens with one attached hydrogen (secondary N) is 2. The van der Waals surface area contributed by atoms with Crippen LogP contribution in [0.3, 0.4) is 0 Å². The average Bonchev–Trinajstić information content (AvgIpc) is 3.07. The SMILES string of the molecule is CCOC(=O)c1ccccc1Nc1cnc(C(=O)Nc2cc(C)on2)cn1. The minimum Gasteiger partial charge on any atom is -0.462 e. The topological polar surface area (TPSA) is 119 Å². The first-order valence-electron chi connectivity index (χ1n) is 8.16. The molecule has 27 heavy (non-hydrogen) atoms. The van der Waals surface area contributed by atoms with Crippen molar-refractivity contribution in [2.45, 2.75) is 13.8 Å². The van der Waals surface area contributed by atoms with Gasteiger partial charge in [0.25, 0.3) is 5.91 Å². The van der Waals surface area contributed by atoms with E-state index in [0.29, 0.717) is 28.6 Å². The maximum atomic E-state index is 12.1. The molecular formula is C18H17N5O4. The van der Waals surface area contributed by atoms with E-state index in [0.717, 1.165) is 0 Å². The lowest BCUT2D eigenvalue weighted by molar-refractivity contribution is 0.0527. The third kappa shape index (κ3) is 4.46. The standard InChI is InChI=1S/C18H17N5O4/c1-3-26-18(25)12-6-4-5-7-13(12)21-16-10-19-14(9-20-16)17(24)22-15-8-11(2)27-23-15/h4-10H,3H2,1-2H3,(H,20,21)(H,22,23,24). The lowest BCUT2D eigenvalue weighted by Crippen LogP contribution is -2.14. The molecule has 1 aromatic carbocycles. The Labute approximate surface area is 154 Å². The second-order valence-corrected chi connectivity index (χ2v) is 5.45. The molecule has 0 bridgehead atoms. The molecule has 0 radical (unpaired) electrons. The van der Waals surface area contributed by atoms with Gasteiger partial charge >= 0.3 is 5.97 Å². The van der Waals surface area contributed by atoms with E-state index < -0.39 is 11.9 Å². The fraction of sp³-hybridized carbons (Fsp3) is 0.167. The molecule has 0 aliphatic rings. The van der Waals surface area contributed by atoms with E-state index in [4.69, 9.17) is 9.26 Å². The molecule has 0 aliphatic heterocycles. The van der Waals surface area contributed by atoms with Crippen LogP contribution in [0.1, 0.15) is 33.5 Å². The predicted molar refractivity (Wildman–Crippen MR) is 96.9 cm³/mol. The van der Waals surface area contributed by atoms with Gasteiger partial charge in [-0.1, -0.05) is 17.3 Å². The first kappa shape index (κ1) is 18.1. The number of hydrogen-bond acceptors (Lipinski definition) is 8. The second-order valence-electron chi connectivity index (χ2n) is 5.45. The minimum absolute atomic E-state index is 0.111. The number of hydrogen-bond donors (Lipinski definition) is 2. The molecule has 0 spiro atoms. The summed E-state index contributed by atoms with van der Waals surface area (Å²) >= 11 is 0.